The van der Waals surface area contributed by atoms with E-state index in [0.717, 1.165) is 0 Å². The molecule has 0 aliphatic carbocycles. The summed E-state index contributed by atoms with van der Waals surface area (Å²) in [6.07, 6.45) is 0.550. The summed E-state index contributed by atoms with van der Waals surface area (Å²) in [5.41, 5.74) is 6.05. The molecule has 0 saturated heterocycles. The van der Waals surface area contributed by atoms with Gasteiger partial charge in [-0.25, -0.2) is 4.39 Å². The first kappa shape index (κ1) is 12.6. The number of benzene rings is 1. The van der Waals surface area contributed by atoms with E-state index in [1.165, 1.54) is 12.1 Å². The highest BCUT2D eigenvalue weighted by molar-refractivity contribution is 5.85. The third-order valence-electron chi connectivity index (χ3n) is 1.92. The molecule has 0 spiro atoms. The number of hydrogen-bond acceptors (Lipinski definition) is 4. The lowest BCUT2D eigenvalue weighted by molar-refractivity contribution is 0.507. The molecule has 6 heteroatoms. The van der Waals surface area contributed by atoms with Crippen molar-refractivity contribution in [2.45, 2.75) is 6.42 Å². The quantitative estimate of drug-likeness (QED) is 0.893. The fourth-order valence-corrected chi connectivity index (χ4v) is 1.19. The van der Waals surface area contributed by atoms with Crippen LogP contribution < -0.4 is 5.73 Å². The Morgan fingerprint density at radius 3 is 2.50 bits per heavy atom. The Kier molecular flexibility index (Phi) is 4.39. The Morgan fingerprint density at radius 2 is 1.88 bits per heavy atom. The van der Waals surface area contributed by atoms with Crippen molar-refractivity contribution in [1.29, 1.82) is 0 Å². The first-order valence-electron chi connectivity index (χ1n) is 4.58. The summed E-state index contributed by atoms with van der Waals surface area (Å²) in [5, 5.41) is 7.65. The van der Waals surface area contributed by atoms with Gasteiger partial charge in [-0.1, -0.05) is 0 Å². The van der Waals surface area contributed by atoms with Gasteiger partial charge in [0.25, 0.3) is 0 Å². The van der Waals surface area contributed by atoms with Gasteiger partial charge in [0.1, 0.15) is 5.82 Å². The van der Waals surface area contributed by atoms with Gasteiger partial charge in [-0.3, -0.25) is 0 Å². The Balaban J connectivity index is 0.00000128. The van der Waals surface area contributed by atoms with Gasteiger partial charge in [0.2, 0.25) is 11.8 Å². The van der Waals surface area contributed by atoms with Crippen LogP contribution in [0.1, 0.15) is 5.89 Å². The lowest BCUT2D eigenvalue weighted by Crippen LogP contribution is -2.02. The number of halogens is 2. The Labute approximate surface area is 98.1 Å². The van der Waals surface area contributed by atoms with Crippen LogP contribution in [0, 0.1) is 5.82 Å². The van der Waals surface area contributed by atoms with Gasteiger partial charge in [0, 0.05) is 18.5 Å². The van der Waals surface area contributed by atoms with Crippen LogP contribution >= 0.6 is 12.4 Å². The Bertz CT molecular complexity index is 444. The van der Waals surface area contributed by atoms with Gasteiger partial charge in [0.15, 0.2) is 0 Å². The summed E-state index contributed by atoms with van der Waals surface area (Å²) in [5.74, 6) is 0.593. The second-order valence-corrected chi connectivity index (χ2v) is 3.05. The number of hydrogen-bond donors (Lipinski definition) is 1. The average Bonchev–Trinajstić information content (AvgIpc) is 2.68. The van der Waals surface area contributed by atoms with Gasteiger partial charge < -0.3 is 10.2 Å². The fraction of sp³-hybridized carbons (Fsp3) is 0.200. The normalized spacial score (nSPS) is 9.88. The second kappa shape index (κ2) is 5.58. The van der Waals surface area contributed by atoms with Crippen LogP contribution in [0.15, 0.2) is 28.7 Å². The van der Waals surface area contributed by atoms with Crippen molar-refractivity contribution in [3.63, 3.8) is 0 Å². The minimum absolute atomic E-state index is 0. The number of nitrogens with zero attached hydrogens (tertiary/aromatic N) is 2. The maximum absolute atomic E-state index is 12.6. The molecule has 2 N–H and O–H groups in total. The monoisotopic (exact) mass is 243 g/mol. The maximum Gasteiger partial charge on any atom is 0.247 e. The van der Waals surface area contributed by atoms with E-state index in [1.807, 2.05) is 0 Å². The van der Waals surface area contributed by atoms with Gasteiger partial charge in [0.05, 0.1) is 0 Å². The molecule has 0 unspecified atom stereocenters. The molecular formula is C10H11ClFN3O. The molecule has 2 rings (SSSR count). The molecule has 0 bridgehead atoms. The Hall–Kier alpha value is -1.46. The zero-order chi connectivity index (χ0) is 10.7. The molecule has 1 heterocycles. The van der Waals surface area contributed by atoms with Gasteiger partial charge >= 0.3 is 0 Å². The molecule has 0 saturated carbocycles. The van der Waals surface area contributed by atoms with E-state index in [4.69, 9.17) is 10.2 Å². The van der Waals surface area contributed by atoms with Gasteiger partial charge in [-0.2, -0.15) is 0 Å². The number of rotatable bonds is 3. The minimum Gasteiger partial charge on any atom is -0.421 e. The molecule has 1 aromatic carbocycles. The van der Waals surface area contributed by atoms with Crippen molar-refractivity contribution >= 4 is 12.4 Å². The van der Waals surface area contributed by atoms with E-state index >= 15 is 0 Å². The molecule has 0 amide bonds. The largest absolute Gasteiger partial charge is 0.421 e. The summed E-state index contributed by atoms with van der Waals surface area (Å²) in [6.45, 7) is 0.463. The molecule has 16 heavy (non-hydrogen) atoms. The smallest absolute Gasteiger partial charge is 0.247 e. The van der Waals surface area contributed by atoms with Crippen molar-refractivity contribution in [3.8, 4) is 11.5 Å². The SMILES string of the molecule is Cl.NCCc1nnc(-c2ccc(F)cc2)o1. The summed E-state index contributed by atoms with van der Waals surface area (Å²) in [7, 11) is 0. The highest BCUT2D eigenvalue weighted by Crippen LogP contribution is 2.17. The molecule has 1 aromatic heterocycles. The molecule has 2 aromatic rings. The third-order valence-corrected chi connectivity index (χ3v) is 1.92. The van der Waals surface area contributed by atoms with Crippen LogP contribution in [0.2, 0.25) is 0 Å². The van der Waals surface area contributed by atoms with E-state index in [1.54, 1.807) is 12.1 Å². The van der Waals surface area contributed by atoms with Crippen LogP contribution in [0.25, 0.3) is 11.5 Å². The predicted molar refractivity (Wildman–Crippen MR) is 59.7 cm³/mol. The lowest BCUT2D eigenvalue weighted by atomic mass is 10.2. The molecular weight excluding hydrogens is 233 g/mol. The van der Waals surface area contributed by atoms with E-state index in [-0.39, 0.29) is 18.2 Å². The van der Waals surface area contributed by atoms with Crippen LogP contribution in [0.4, 0.5) is 4.39 Å². The highest BCUT2D eigenvalue weighted by atomic mass is 35.5. The fourth-order valence-electron chi connectivity index (χ4n) is 1.19. The first-order valence-corrected chi connectivity index (χ1v) is 4.58. The van der Waals surface area contributed by atoms with Crippen molar-refractivity contribution in [3.05, 3.63) is 36.0 Å². The van der Waals surface area contributed by atoms with E-state index in [2.05, 4.69) is 10.2 Å². The van der Waals surface area contributed by atoms with Crippen LogP contribution in [-0.2, 0) is 6.42 Å². The van der Waals surface area contributed by atoms with Gasteiger partial charge in [-0.05, 0) is 24.3 Å². The Morgan fingerprint density at radius 1 is 1.19 bits per heavy atom. The summed E-state index contributed by atoms with van der Waals surface area (Å²) >= 11 is 0. The highest BCUT2D eigenvalue weighted by Gasteiger charge is 2.07. The van der Waals surface area contributed by atoms with Gasteiger partial charge in [-0.15, -0.1) is 22.6 Å². The third kappa shape index (κ3) is 2.77. The van der Waals surface area contributed by atoms with Crippen LogP contribution in [-0.4, -0.2) is 16.7 Å². The molecule has 0 aliphatic rings. The minimum atomic E-state index is -0.291. The predicted octanol–water partition coefficient (Wildman–Crippen LogP) is 1.80. The molecule has 0 fully saturated rings. The van der Waals surface area contributed by atoms with E-state index in [9.17, 15) is 4.39 Å². The molecule has 0 atom stereocenters. The first-order chi connectivity index (χ1) is 7.29. The van der Waals surface area contributed by atoms with E-state index < -0.39 is 0 Å². The molecule has 0 radical (unpaired) electrons. The average molecular weight is 244 g/mol. The summed E-state index contributed by atoms with van der Waals surface area (Å²) < 4.78 is 18.0. The molecule has 4 nitrogen and oxygen atoms in total. The van der Waals surface area contributed by atoms with Crippen LogP contribution in [0.5, 0.6) is 0 Å². The van der Waals surface area contributed by atoms with Crippen molar-refractivity contribution < 1.29 is 8.81 Å². The topological polar surface area (TPSA) is 64.9 Å². The lowest BCUT2D eigenvalue weighted by Gasteiger charge is -1.93. The maximum atomic E-state index is 12.6. The van der Waals surface area contributed by atoms with E-state index in [0.29, 0.717) is 30.3 Å². The molecule has 86 valence electrons. The number of nitrogens with two attached hydrogens (primary N) is 1. The molecule has 0 aliphatic heterocycles. The van der Waals surface area contributed by atoms with Crippen LogP contribution in [0.3, 0.4) is 0 Å². The second-order valence-electron chi connectivity index (χ2n) is 3.05. The zero-order valence-corrected chi connectivity index (χ0v) is 9.21. The van der Waals surface area contributed by atoms with Crippen molar-refractivity contribution in [1.82, 2.24) is 10.2 Å². The zero-order valence-electron chi connectivity index (χ0n) is 8.39. The van der Waals surface area contributed by atoms with Crippen molar-refractivity contribution in [2.75, 3.05) is 6.54 Å². The summed E-state index contributed by atoms with van der Waals surface area (Å²) in [4.78, 5) is 0. The van der Waals surface area contributed by atoms with Crippen molar-refractivity contribution in [2.24, 2.45) is 5.73 Å². The number of aromatic nitrogens is 2. The summed E-state index contributed by atoms with van der Waals surface area (Å²) in [6, 6.07) is 5.88. The standard InChI is InChI=1S/C10H10FN3O.ClH/c11-8-3-1-7(2-4-8)10-14-13-9(15-10)5-6-12;/h1-4H,5-6,12H2;1H.